The van der Waals surface area contributed by atoms with E-state index >= 15 is 0 Å². The number of nitrogens with one attached hydrogen (secondary N) is 1. The van der Waals surface area contributed by atoms with Crippen LogP contribution >= 0.6 is 11.3 Å². The van der Waals surface area contributed by atoms with Crippen LogP contribution in [0.4, 0.5) is 5.00 Å². The molecule has 1 aromatic heterocycles. The first-order chi connectivity index (χ1) is 12.0. The van der Waals surface area contributed by atoms with E-state index in [1.807, 2.05) is 11.5 Å². The van der Waals surface area contributed by atoms with Crippen molar-refractivity contribution in [1.29, 1.82) is 0 Å². The predicted octanol–water partition coefficient (Wildman–Crippen LogP) is 3.41. The first-order valence-corrected chi connectivity index (χ1v) is 9.38. The second kappa shape index (κ2) is 7.39. The largest absolute Gasteiger partial charge is 0.481 e. The molecule has 2 aliphatic carbocycles. The summed E-state index contributed by atoms with van der Waals surface area (Å²) in [6, 6.07) is 0. The molecule has 0 radical (unpaired) electrons. The second-order valence-corrected chi connectivity index (χ2v) is 7.25. The monoisotopic (exact) mass is 363 g/mol. The Morgan fingerprint density at radius 1 is 1.24 bits per heavy atom. The molecule has 2 atom stereocenters. The first-order valence-electron chi connectivity index (χ1n) is 8.50. The summed E-state index contributed by atoms with van der Waals surface area (Å²) in [5.41, 5.74) is 1.36. The zero-order valence-electron chi connectivity index (χ0n) is 14.0. The van der Waals surface area contributed by atoms with Crippen molar-refractivity contribution >= 4 is 34.2 Å². The maximum absolute atomic E-state index is 12.7. The van der Waals surface area contributed by atoms with Gasteiger partial charge in [-0.25, -0.2) is 4.79 Å². The van der Waals surface area contributed by atoms with Crippen molar-refractivity contribution in [3.63, 3.8) is 0 Å². The van der Waals surface area contributed by atoms with Gasteiger partial charge in [-0.05, 0) is 49.5 Å². The highest BCUT2D eigenvalue weighted by Gasteiger charge is 2.36. The summed E-state index contributed by atoms with van der Waals surface area (Å²) in [6.45, 7) is 2.01. The minimum Gasteiger partial charge on any atom is -0.481 e. The number of allylic oxidation sites excluding steroid dienone is 2. The molecule has 0 bridgehead atoms. The summed E-state index contributed by atoms with van der Waals surface area (Å²) in [7, 11) is 0. The van der Waals surface area contributed by atoms with Gasteiger partial charge in [0.25, 0.3) is 0 Å². The van der Waals surface area contributed by atoms with E-state index in [-0.39, 0.29) is 12.5 Å². The van der Waals surface area contributed by atoms with Crippen LogP contribution < -0.4 is 5.32 Å². The standard InChI is InChI=1S/C18H21NO5S/c1-2-24-18(23)14-13(10-7-8-10)9-25-16(14)19-15(20)11-5-3-4-6-12(11)17(21)22/h3-4,9-12H,2,5-8H2,1H3,(H,19,20)(H,21,22). The second-order valence-electron chi connectivity index (χ2n) is 6.37. The van der Waals surface area contributed by atoms with Crippen LogP contribution in [0.3, 0.4) is 0 Å². The highest BCUT2D eigenvalue weighted by molar-refractivity contribution is 7.15. The Hall–Kier alpha value is -2.15. The van der Waals surface area contributed by atoms with Gasteiger partial charge in [0.1, 0.15) is 5.00 Å². The van der Waals surface area contributed by atoms with Crippen molar-refractivity contribution in [2.75, 3.05) is 11.9 Å². The lowest BCUT2D eigenvalue weighted by molar-refractivity contribution is -0.146. The number of hydrogen-bond acceptors (Lipinski definition) is 5. The van der Waals surface area contributed by atoms with E-state index in [1.54, 1.807) is 13.0 Å². The van der Waals surface area contributed by atoms with Gasteiger partial charge in [0.2, 0.25) is 5.91 Å². The smallest absolute Gasteiger partial charge is 0.341 e. The Morgan fingerprint density at radius 3 is 2.52 bits per heavy atom. The molecule has 1 saturated carbocycles. The van der Waals surface area contributed by atoms with Gasteiger partial charge in [0.05, 0.1) is 24.0 Å². The maximum Gasteiger partial charge on any atom is 0.341 e. The molecular weight excluding hydrogens is 342 g/mol. The SMILES string of the molecule is CCOC(=O)c1c(C2CC2)csc1NC(=O)C1CC=CCC1C(=O)O. The Labute approximate surface area is 149 Å². The number of carboxylic acids is 1. The van der Waals surface area contributed by atoms with Gasteiger partial charge >= 0.3 is 11.9 Å². The minimum atomic E-state index is -0.972. The molecule has 1 heterocycles. The number of anilines is 1. The van der Waals surface area contributed by atoms with E-state index in [1.165, 1.54) is 11.3 Å². The number of carboxylic acid groups (broad SMARTS) is 1. The van der Waals surface area contributed by atoms with Crippen LogP contribution in [0.25, 0.3) is 0 Å². The number of esters is 1. The van der Waals surface area contributed by atoms with Crippen molar-refractivity contribution < 1.29 is 24.2 Å². The summed E-state index contributed by atoms with van der Waals surface area (Å²) in [5, 5.41) is 14.5. The number of aliphatic carboxylic acids is 1. The van der Waals surface area contributed by atoms with Crippen LogP contribution in [-0.2, 0) is 14.3 Å². The zero-order chi connectivity index (χ0) is 18.0. The zero-order valence-corrected chi connectivity index (χ0v) is 14.8. The number of thiophene rings is 1. The van der Waals surface area contributed by atoms with E-state index in [0.29, 0.717) is 29.3 Å². The van der Waals surface area contributed by atoms with Crippen molar-refractivity contribution in [2.24, 2.45) is 11.8 Å². The molecule has 7 heteroatoms. The van der Waals surface area contributed by atoms with Gasteiger partial charge in [0.15, 0.2) is 0 Å². The molecule has 0 aromatic carbocycles. The van der Waals surface area contributed by atoms with Crippen molar-refractivity contribution in [1.82, 2.24) is 0 Å². The van der Waals surface area contributed by atoms with Crippen LogP contribution in [0.1, 0.15) is 54.4 Å². The molecule has 1 amide bonds. The maximum atomic E-state index is 12.7. The summed E-state index contributed by atoms with van der Waals surface area (Å²) < 4.78 is 5.14. The van der Waals surface area contributed by atoms with E-state index < -0.39 is 23.8 Å². The van der Waals surface area contributed by atoms with Crippen LogP contribution in [0.5, 0.6) is 0 Å². The fraction of sp³-hybridized carbons (Fsp3) is 0.500. The third-order valence-electron chi connectivity index (χ3n) is 4.64. The molecule has 0 saturated heterocycles. The normalized spacial score (nSPS) is 22.4. The number of hydrogen-bond donors (Lipinski definition) is 2. The molecule has 6 nitrogen and oxygen atoms in total. The Morgan fingerprint density at radius 2 is 1.92 bits per heavy atom. The van der Waals surface area contributed by atoms with E-state index in [4.69, 9.17) is 4.74 Å². The Balaban J connectivity index is 1.82. The third kappa shape index (κ3) is 3.76. The number of amides is 1. The number of ether oxygens (including phenoxy) is 1. The molecule has 3 rings (SSSR count). The lowest BCUT2D eigenvalue weighted by Crippen LogP contribution is -2.34. The summed E-state index contributed by atoms with van der Waals surface area (Å²) in [6.07, 6.45) is 6.42. The topological polar surface area (TPSA) is 92.7 Å². The molecule has 0 spiro atoms. The van der Waals surface area contributed by atoms with Gasteiger partial charge < -0.3 is 15.2 Å². The lowest BCUT2D eigenvalue weighted by Gasteiger charge is -2.24. The highest BCUT2D eigenvalue weighted by Crippen LogP contribution is 2.46. The molecule has 1 aromatic rings. The third-order valence-corrected chi connectivity index (χ3v) is 5.55. The van der Waals surface area contributed by atoms with Gasteiger partial charge in [0, 0.05) is 0 Å². The van der Waals surface area contributed by atoms with Crippen LogP contribution in [0.2, 0.25) is 0 Å². The summed E-state index contributed by atoms with van der Waals surface area (Å²) in [4.78, 5) is 36.4. The molecule has 2 aliphatic rings. The minimum absolute atomic E-state index is 0.265. The van der Waals surface area contributed by atoms with Crippen LogP contribution in [0, 0.1) is 11.8 Å². The lowest BCUT2D eigenvalue weighted by atomic mass is 9.82. The van der Waals surface area contributed by atoms with Gasteiger partial charge in [-0.3, -0.25) is 9.59 Å². The number of rotatable bonds is 6. The first kappa shape index (κ1) is 17.7. The van der Waals surface area contributed by atoms with Crippen molar-refractivity contribution in [2.45, 2.75) is 38.5 Å². The quantitative estimate of drug-likeness (QED) is 0.597. The van der Waals surface area contributed by atoms with E-state index in [0.717, 1.165) is 18.4 Å². The van der Waals surface area contributed by atoms with Crippen LogP contribution in [0.15, 0.2) is 17.5 Å². The van der Waals surface area contributed by atoms with E-state index in [9.17, 15) is 19.5 Å². The van der Waals surface area contributed by atoms with Crippen molar-refractivity contribution in [3.8, 4) is 0 Å². The molecule has 134 valence electrons. The predicted molar refractivity (Wildman–Crippen MR) is 93.9 cm³/mol. The Bertz CT molecular complexity index is 719. The fourth-order valence-corrected chi connectivity index (χ4v) is 4.19. The fourth-order valence-electron chi connectivity index (χ4n) is 3.15. The summed E-state index contributed by atoms with van der Waals surface area (Å²) >= 11 is 1.30. The average Bonchev–Trinajstić information content (AvgIpc) is 3.35. The summed E-state index contributed by atoms with van der Waals surface area (Å²) in [5.74, 6) is -2.78. The van der Waals surface area contributed by atoms with Gasteiger partial charge in [-0.15, -0.1) is 11.3 Å². The van der Waals surface area contributed by atoms with E-state index in [2.05, 4.69) is 5.32 Å². The highest BCUT2D eigenvalue weighted by atomic mass is 32.1. The molecule has 1 fully saturated rings. The molecule has 2 unspecified atom stereocenters. The van der Waals surface area contributed by atoms with Crippen molar-refractivity contribution in [3.05, 3.63) is 28.7 Å². The van der Waals surface area contributed by atoms with Crippen LogP contribution in [-0.4, -0.2) is 29.6 Å². The Kier molecular flexibility index (Phi) is 5.22. The molecule has 0 aliphatic heterocycles. The molecule has 25 heavy (non-hydrogen) atoms. The van der Waals surface area contributed by atoms with Gasteiger partial charge in [-0.1, -0.05) is 12.2 Å². The van der Waals surface area contributed by atoms with Gasteiger partial charge in [-0.2, -0.15) is 0 Å². The average molecular weight is 363 g/mol. The molecule has 2 N–H and O–H groups in total. The number of carbonyl (C=O) groups excluding carboxylic acids is 2. The molecular formula is C18H21NO5S. The number of carbonyl (C=O) groups is 3.